The van der Waals surface area contributed by atoms with Crippen molar-refractivity contribution in [3.05, 3.63) is 88.9 Å². The zero-order chi connectivity index (χ0) is 21.4. The lowest BCUT2D eigenvalue weighted by atomic mass is 10.1. The summed E-state index contributed by atoms with van der Waals surface area (Å²) in [5, 5.41) is 4.22. The van der Waals surface area contributed by atoms with Gasteiger partial charge in [-0.2, -0.15) is 4.98 Å². The molecular weight excluding hydrogens is 390 g/mol. The second-order valence-corrected chi connectivity index (χ2v) is 7.41. The van der Waals surface area contributed by atoms with Gasteiger partial charge < -0.3 is 15.8 Å². The second kappa shape index (κ2) is 7.60. The number of nitrogens with two attached hydrogens (primary N) is 1. The molecule has 0 saturated carbocycles. The maximum atomic E-state index is 11.9. The first-order chi connectivity index (χ1) is 15.1. The Morgan fingerprint density at radius 2 is 2.00 bits per heavy atom. The lowest BCUT2D eigenvalue weighted by molar-refractivity contribution is 0.100. The number of primary amides is 1. The van der Waals surface area contributed by atoms with E-state index in [9.17, 15) is 4.79 Å². The molecule has 1 aliphatic heterocycles. The van der Waals surface area contributed by atoms with E-state index in [1.807, 2.05) is 54.0 Å². The number of nitrogens with zero attached hydrogens (tertiary/aromatic N) is 3. The van der Waals surface area contributed by atoms with E-state index in [-0.39, 0.29) is 0 Å². The Kier molecular flexibility index (Phi) is 4.63. The monoisotopic (exact) mass is 411 g/mol. The summed E-state index contributed by atoms with van der Waals surface area (Å²) >= 11 is 0. The molecule has 0 bridgehead atoms. The van der Waals surface area contributed by atoms with Crippen LogP contribution in [-0.2, 0) is 17.9 Å². The van der Waals surface area contributed by atoms with Crippen LogP contribution in [-0.4, -0.2) is 20.4 Å². The van der Waals surface area contributed by atoms with Gasteiger partial charge >= 0.3 is 0 Å². The van der Waals surface area contributed by atoms with Crippen LogP contribution in [0.1, 0.15) is 32.9 Å². The second-order valence-electron chi connectivity index (χ2n) is 7.41. The number of hydrogen-bond acceptors (Lipinski definition) is 5. The number of aryl methyl sites for hydroxylation is 1. The molecule has 2 aromatic carbocycles. The van der Waals surface area contributed by atoms with Crippen molar-refractivity contribution in [1.82, 2.24) is 14.5 Å². The third-order valence-corrected chi connectivity index (χ3v) is 5.38. The van der Waals surface area contributed by atoms with Crippen LogP contribution in [0.3, 0.4) is 0 Å². The van der Waals surface area contributed by atoms with Gasteiger partial charge in [0.25, 0.3) is 0 Å². The minimum absolute atomic E-state index is 0.403. The summed E-state index contributed by atoms with van der Waals surface area (Å²) in [6.45, 7) is 2.99. The lowest BCUT2D eigenvalue weighted by Gasteiger charge is -2.18. The summed E-state index contributed by atoms with van der Waals surface area (Å²) in [6, 6.07) is 17.6. The highest BCUT2D eigenvalue weighted by Crippen LogP contribution is 2.29. The van der Waals surface area contributed by atoms with Crippen molar-refractivity contribution in [2.24, 2.45) is 5.73 Å². The van der Waals surface area contributed by atoms with Gasteiger partial charge in [0, 0.05) is 23.2 Å². The predicted octanol–water partition coefficient (Wildman–Crippen LogP) is 3.94. The Morgan fingerprint density at radius 1 is 1.16 bits per heavy atom. The van der Waals surface area contributed by atoms with E-state index in [0.717, 1.165) is 39.2 Å². The minimum Gasteiger partial charge on any atom is -0.496 e. The number of amides is 1. The van der Waals surface area contributed by atoms with Gasteiger partial charge in [-0.15, -0.1) is 0 Å². The van der Waals surface area contributed by atoms with Crippen molar-refractivity contribution in [3.8, 4) is 5.95 Å². The maximum Gasteiger partial charge on any atom is 0.249 e. The quantitative estimate of drug-likeness (QED) is 0.519. The first-order valence-corrected chi connectivity index (χ1v) is 10.00. The first kappa shape index (κ1) is 18.9. The number of hydrogen-bond donors (Lipinski definition) is 2. The zero-order valence-electron chi connectivity index (χ0n) is 17.0. The highest BCUT2D eigenvalue weighted by molar-refractivity contribution is 6.06. The Hall–Kier alpha value is -4.13. The first-order valence-electron chi connectivity index (χ1n) is 10.00. The number of carbonyl (C=O) groups excluding carboxylic acids is 1. The number of carbonyl (C=O) groups is 1. The molecule has 1 aliphatic rings. The number of rotatable bonds is 5. The van der Waals surface area contributed by atoms with Crippen LogP contribution in [0.5, 0.6) is 0 Å². The average Bonchev–Trinajstić information content (AvgIpc) is 3.13. The Balaban J connectivity index is 1.64. The molecule has 5 rings (SSSR count). The Morgan fingerprint density at radius 3 is 2.81 bits per heavy atom. The van der Waals surface area contributed by atoms with Crippen molar-refractivity contribution in [3.63, 3.8) is 0 Å². The van der Waals surface area contributed by atoms with E-state index in [4.69, 9.17) is 20.4 Å². The molecule has 0 atom stereocenters. The van der Waals surface area contributed by atoms with Gasteiger partial charge in [-0.3, -0.25) is 9.36 Å². The van der Waals surface area contributed by atoms with Crippen molar-refractivity contribution in [1.29, 1.82) is 0 Å². The molecule has 7 nitrogen and oxygen atoms in total. The van der Waals surface area contributed by atoms with Crippen LogP contribution in [0, 0.1) is 6.92 Å². The molecule has 3 N–H and O–H groups in total. The maximum absolute atomic E-state index is 11.9. The predicted molar refractivity (Wildman–Crippen MR) is 120 cm³/mol. The summed E-state index contributed by atoms with van der Waals surface area (Å²) in [5.74, 6) is 0.787. The zero-order valence-corrected chi connectivity index (χ0v) is 17.0. The topological polar surface area (TPSA) is 95.1 Å². The Bertz CT molecular complexity index is 1330. The molecular formula is C24H21N5O2. The molecule has 1 amide bonds. The SMILES string of the molecule is Cc1cc2c(C(N)=O)cccc2n1-c1nc2c(c(NCc3ccccc3)n1)COC=C2. The average molecular weight is 411 g/mol. The fourth-order valence-electron chi connectivity index (χ4n) is 3.88. The largest absolute Gasteiger partial charge is 0.496 e. The lowest BCUT2D eigenvalue weighted by Crippen LogP contribution is -2.14. The molecule has 0 unspecified atom stereocenters. The molecule has 154 valence electrons. The van der Waals surface area contributed by atoms with E-state index in [0.29, 0.717) is 24.7 Å². The highest BCUT2D eigenvalue weighted by Gasteiger charge is 2.20. The van der Waals surface area contributed by atoms with Gasteiger partial charge in [-0.25, -0.2) is 4.98 Å². The van der Waals surface area contributed by atoms with Crippen molar-refractivity contribution in [2.75, 3.05) is 5.32 Å². The summed E-state index contributed by atoms with van der Waals surface area (Å²) in [5.41, 5.74) is 10.7. The van der Waals surface area contributed by atoms with Crippen molar-refractivity contribution < 1.29 is 9.53 Å². The van der Waals surface area contributed by atoms with E-state index in [2.05, 4.69) is 17.4 Å². The summed E-state index contributed by atoms with van der Waals surface area (Å²) in [4.78, 5) is 21.5. The molecule has 0 aliphatic carbocycles. The van der Waals surface area contributed by atoms with E-state index >= 15 is 0 Å². The van der Waals surface area contributed by atoms with E-state index < -0.39 is 5.91 Å². The molecule has 4 aromatic rings. The number of anilines is 1. The van der Waals surface area contributed by atoms with Gasteiger partial charge in [0.1, 0.15) is 12.4 Å². The van der Waals surface area contributed by atoms with Crippen LogP contribution < -0.4 is 11.1 Å². The fourth-order valence-corrected chi connectivity index (χ4v) is 3.88. The standard InChI is InChI=1S/C24H21N5O2/c1-15-12-18-17(22(25)30)8-5-9-21(18)29(15)24-27-20-10-11-31-14-19(20)23(28-24)26-13-16-6-3-2-4-7-16/h2-12H,13-14H2,1H3,(H2,25,30)(H,26,27,28). The Labute approximate surface area is 179 Å². The molecule has 2 aromatic heterocycles. The molecule has 0 saturated heterocycles. The molecule has 3 heterocycles. The van der Waals surface area contributed by atoms with Crippen LogP contribution in [0.2, 0.25) is 0 Å². The third-order valence-electron chi connectivity index (χ3n) is 5.38. The third kappa shape index (κ3) is 3.40. The van der Waals surface area contributed by atoms with E-state index in [1.165, 1.54) is 0 Å². The molecule has 7 heteroatoms. The number of nitrogens with one attached hydrogen (secondary N) is 1. The summed E-state index contributed by atoms with van der Waals surface area (Å²) in [7, 11) is 0. The number of fused-ring (bicyclic) bond motifs is 2. The minimum atomic E-state index is -0.459. The van der Waals surface area contributed by atoms with Crippen LogP contribution in [0.4, 0.5) is 5.82 Å². The number of aromatic nitrogens is 3. The molecule has 31 heavy (non-hydrogen) atoms. The summed E-state index contributed by atoms with van der Waals surface area (Å²) in [6.07, 6.45) is 3.49. The van der Waals surface area contributed by atoms with Gasteiger partial charge in [0.05, 0.1) is 23.0 Å². The molecule has 0 fully saturated rings. The van der Waals surface area contributed by atoms with Gasteiger partial charge in [0.15, 0.2) is 0 Å². The summed E-state index contributed by atoms with van der Waals surface area (Å²) < 4.78 is 7.44. The molecule has 0 spiro atoms. The van der Waals surface area contributed by atoms with Gasteiger partial charge in [-0.1, -0.05) is 36.4 Å². The number of ether oxygens (including phenoxy) is 1. The number of benzene rings is 2. The smallest absolute Gasteiger partial charge is 0.249 e. The van der Waals surface area contributed by atoms with Gasteiger partial charge in [0.2, 0.25) is 11.9 Å². The highest BCUT2D eigenvalue weighted by atomic mass is 16.5. The van der Waals surface area contributed by atoms with Crippen molar-refractivity contribution >= 4 is 28.7 Å². The van der Waals surface area contributed by atoms with Crippen LogP contribution in [0.15, 0.2) is 60.9 Å². The normalized spacial score (nSPS) is 12.4. The van der Waals surface area contributed by atoms with Crippen LogP contribution >= 0.6 is 0 Å². The van der Waals surface area contributed by atoms with Crippen molar-refractivity contribution in [2.45, 2.75) is 20.1 Å². The van der Waals surface area contributed by atoms with E-state index in [1.54, 1.807) is 12.3 Å². The molecule has 0 radical (unpaired) electrons. The van der Waals surface area contributed by atoms with Crippen LogP contribution in [0.25, 0.3) is 22.9 Å². The van der Waals surface area contributed by atoms with Gasteiger partial charge in [-0.05, 0) is 36.8 Å². The fraction of sp³-hybridized carbons (Fsp3) is 0.125.